The van der Waals surface area contributed by atoms with Gasteiger partial charge in [0.2, 0.25) is 0 Å². The Morgan fingerprint density at radius 1 is 1.57 bits per heavy atom. The third-order valence-corrected chi connectivity index (χ3v) is 2.57. The van der Waals surface area contributed by atoms with Crippen LogP contribution >= 0.6 is 0 Å². The van der Waals surface area contributed by atoms with Gasteiger partial charge < -0.3 is 15.2 Å². The summed E-state index contributed by atoms with van der Waals surface area (Å²) < 4.78 is 10.9. The van der Waals surface area contributed by atoms with Gasteiger partial charge in [-0.1, -0.05) is 6.07 Å². The zero-order valence-corrected chi connectivity index (χ0v) is 8.32. The lowest BCUT2D eigenvalue weighted by Crippen LogP contribution is -2.30. The molecule has 1 aliphatic rings. The van der Waals surface area contributed by atoms with E-state index in [1.807, 2.05) is 12.1 Å². The van der Waals surface area contributed by atoms with Crippen molar-refractivity contribution in [1.29, 1.82) is 0 Å². The maximum atomic E-state index is 5.72. The highest BCUT2D eigenvalue weighted by Crippen LogP contribution is 2.30. The smallest absolute Gasteiger partial charge is 0.126 e. The van der Waals surface area contributed by atoms with Gasteiger partial charge in [-0.15, -0.1) is 0 Å². The third-order valence-electron chi connectivity index (χ3n) is 2.57. The molecule has 14 heavy (non-hydrogen) atoms. The summed E-state index contributed by atoms with van der Waals surface area (Å²) in [6.07, 6.45) is 2.21. The van der Waals surface area contributed by atoms with Crippen LogP contribution in [0.25, 0.3) is 0 Å². The topological polar surface area (TPSA) is 44.5 Å². The molecular weight excluding hydrogens is 178 g/mol. The fraction of sp³-hybridized carbons (Fsp3) is 0.455. The minimum atomic E-state index is 0.162. The number of aryl methyl sites for hydroxylation is 1. The van der Waals surface area contributed by atoms with E-state index in [9.17, 15) is 0 Å². The Bertz CT molecular complexity index is 325. The van der Waals surface area contributed by atoms with Gasteiger partial charge in [0.15, 0.2) is 0 Å². The number of methoxy groups -OCH3 is 1. The first-order chi connectivity index (χ1) is 6.83. The molecular formula is C11H15NO2. The highest BCUT2D eigenvalue weighted by Gasteiger charge is 2.18. The molecule has 0 aliphatic carbocycles. The summed E-state index contributed by atoms with van der Waals surface area (Å²) in [4.78, 5) is 0. The van der Waals surface area contributed by atoms with E-state index < -0.39 is 0 Å². The first-order valence-electron chi connectivity index (χ1n) is 4.87. The molecule has 1 aromatic carbocycles. The highest BCUT2D eigenvalue weighted by atomic mass is 16.5. The Hall–Kier alpha value is -1.22. The molecule has 1 aromatic rings. The van der Waals surface area contributed by atoms with Crippen molar-refractivity contribution < 1.29 is 9.47 Å². The van der Waals surface area contributed by atoms with Crippen LogP contribution in [0.3, 0.4) is 0 Å². The molecule has 1 aliphatic heterocycles. The normalized spacial score (nSPS) is 19.7. The molecule has 3 heteroatoms. The van der Waals surface area contributed by atoms with Crippen molar-refractivity contribution in [2.45, 2.75) is 18.9 Å². The van der Waals surface area contributed by atoms with Gasteiger partial charge in [-0.3, -0.25) is 0 Å². The van der Waals surface area contributed by atoms with E-state index in [2.05, 4.69) is 6.07 Å². The Morgan fingerprint density at radius 2 is 2.43 bits per heavy atom. The van der Waals surface area contributed by atoms with E-state index in [-0.39, 0.29) is 6.10 Å². The molecule has 76 valence electrons. The van der Waals surface area contributed by atoms with Gasteiger partial charge in [-0.2, -0.15) is 0 Å². The molecule has 0 radical (unpaired) electrons. The van der Waals surface area contributed by atoms with Crippen LogP contribution in [0.1, 0.15) is 12.0 Å². The molecule has 3 nitrogen and oxygen atoms in total. The quantitative estimate of drug-likeness (QED) is 0.771. The predicted octanol–water partition coefficient (Wildman–Crippen LogP) is 1.35. The van der Waals surface area contributed by atoms with Crippen LogP contribution in [0.4, 0.5) is 0 Å². The second-order valence-corrected chi connectivity index (χ2v) is 3.49. The average Bonchev–Trinajstić information content (AvgIpc) is 2.27. The Kier molecular flexibility index (Phi) is 2.59. The molecule has 0 spiro atoms. The van der Waals surface area contributed by atoms with Crippen LogP contribution in [0, 0.1) is 0 Å². The Labute approximate surface area is 83.8 Å². The van der Waals surface area contributed by atoms with Crippen molar-refractivity contribution in [2.75, 3.05) is 13.7 Å². The van der Waals surface area contributed by atoms with Crippen LogP contribution in [0.2, 0.25) is 0 Å². The molecule has 0 fully saturated rings. The van der Waals surface area contributed by atoms with E-state index >= 15 is 0 Å². The standard InChI is InChI=1S/C11H15NO2/c1-13-9-4-2-8-3-5-10(7-12)14-11(8)6-9/h2,4,6,10H,3,5,7,12H2,1H3. The number of fused-ring (bicyclic) bond motifs is 1. The molecule has 0 aromatic heterocycles. The summed E-state index contributed by atoms with van der Waals surface area (Å²) in [5.41, 5.74) is 6.82. The van der Waals surface area contributed by atoms with E-state index in [0.717, 1.165) is 24.3 Å². The Morgan fingerprint density at radius 3 is 3.14 bits per heavy atom. The average molecular weight is 193 g/mol. The van der Waals surface area contributed by atoms with Crippen molar-refractivity contribution in [2.24, 2.45) is 5.73 Å². The van der Waals surface area contributed by atoms with Gasteiger partial charge >= 0.3 is 0 Å². The Balaban J connectivity index is 2.25. The summed E-state index contributed by atoms with van der Waals surface area (Å²) in [6.45, 7) is 0.580. The molecule has 2 N–H and O–H groups in total. The summed E-state index contributed by atoms with van der Waals surface area (Å²) in [5.74, 6) is 1.76. The van der Waals surface area contributed by atoms with E-state index in [0.29, 0.717) is 6.54 Å². The van der Waals surface area contributed by atoms with Crippen molar-refractivity contribution in [3.8, 4) is 11.5 Å². The monoisotopic (exact) mass is 193 g/mol. The zero-order valence-electron chi connectivity index (χ0n) is 8.32. The van der Waals surface area contributed by atoms with E-state index in [4.69, 9.17) is 15.2 Å². The van der Waals surface area contributed by atoms with Gasteiger partial charge in [0.05, 0.1) is 7.11 Å². The molecule has 0 amide bonds. The molecule has 1 unspecified atom stereocenters. The fourth-order valence-corrected chi connectivity index (χ4v) is 1.70. The van der Waals surface area contributed by atoms with Crippen molar-refractivity contribution in [1.82, 2.24) is 0 Å². The second-order valence-electron chi connectivity index (χ2n) is 3.49. The van der Waals surface area contributed by atoms with Crippen LogP contribution in [-0.2, 0) is 6.42 Å². The van der Waals surface area contributed by atoms with Crippen LogP contribution in [0.5, 0.6) is 11.5 Å². The van der Waals surface area contributed by atoms with Crippen molar-refractivity contribution >= 4 is 0 Å². The van der Waals surface area contributed by atoms with Gasteiger partial charge in [0.1, 0.15) is 17.6 Å². The molecule has 1 heterocycles. The van der Waals surface area contributed by atoms with Gasteiger partial charge in [0, 0.05) is 12.6 Å². The lowest BCUT2D eigenvalue weighted by Gasteiger charge is -2.25. The number of rotatable bonds is 2. The number of benzene rings is 1. The lowest BCUT2D eigenvalue weighted by atomic mass is 10.0. The largest absolute Gasteiger partial charge is 0.497 e. The predicted molar refractivity (Wildman–Crippen MR) is 54.8 cm³/mol. The number of nitrogens with two attached hydrogens (primary N) is 1. The SMILES string of the molecule is COc1ccc2c(c1)OC(CN)CC2. The summed E-state index contributed by atoms with van der Waals surface area (Å²) in [5, 5.41) is 0. The molecule has 0 saturated carbocycles. The zero-order chi connectivity index (χ0) is 9.97. The van der Waals surface area contributed by atoms with Crippen molar-refractivity contribution in [3.63, 3.8) is 0 Å². The summed E-state index contributed by atoms with van der Waals surface area (Å²) in [7, 11) is 1.66. The third kappa shape index (κ3) is 1.68. The van der Waals surface area contributed by atoms with Gasteiger partial charge in [-0.25, -0.2) is 0 Å². The minimum absolute atomic E-state index is 0.162. The fourth-order valence-electron chi connectivity index (χ4n) is 1.70. The van der Waals surface area contributed by atoms with Crippen LogP contribution < -0.4 is 15.2 Å². The number of hydrogen-bond acceptors (Lipinski definition) is 3. The van der Waals surface area contributed by atoms with E-state index in [1.165, 1.54) is 5.56 Å². The van der Waals surface area contributed by atoms with Gasteiger partial charge in [0.25, 0.3) is 0 Å². The summed E-state index contributed by atoms with van der Waals surface area (Å²) in [6, 6.07) is 5.95. The lowest BCUT2D eigenvalue weighted by molar-refractivity contribution is 0.180. The molecule has 0 bridgehead atoms. The molecule has 0 saturated heterocycles. The van der Waals surface area contributed by atoms with Crippen LogP contribution in [-0.4, -0.2) is 19.8 Å². The second kappa shape index (κ2) is 3.88. The molecule has 1 atom stereocenters. The molecule has 2 rings (SSSR count). The minimum Gasteiger partial charge on any atom is -0.497 e. The number of ether oxygens (including phenoxy) is 2. The first kappa shape index (κ1) is 9.34. The maximum Gasteiger partial charge on any atom is 0.126 e. The van der Waals surface area contributed by atoms with E-state index in [1.54, 1.807) is 7.11 Å². The maximum absolute atomic E-state index is 5.72. The van der Waals surface area contributed by atoms with Crippen LogP contribution in [0.15, 0.2) is 18.2 Å². The summed E-state index contributed by atoms with van der Waals surface area (Å²) >= 11 is 0. The van der Waals surface area contributed by atoms with Gasteiger partial charge in [-0.05, 0) is 24.5 Å². The highest BCUT2D eigenvalue weighted by molar-refractivity contribution is 5.42. The number of hydrogen-bond donors (Lipinski definition) is 1. The first-order valence-corrected chi connectivity index (χ1v) is 4.87. The van der Waals surface area contributed by atoms with Crippen molar-refractivity contribution in [3.05, 3.63) is 23.8 Å².